The highest BCUT2D eigenvalue weighted by Crippen LogP contribution is 2.38. The van der Waals surface area contributed by atoms with E-state index in [1.165, 1.54) is 31.6 Å². The summed E-state index contributed by atoms with van der Waals surface area (Å²) < 4.78 is 37.0. The molecule has 11 heteroatoms. The van der Waals surface area contributed by atoms with Crippen LogP contribution in [0.3, 0.4) is 0 Å². The number of benzene rings is 1. The molecule has 0 radical (unpaired) electrons. The van der Waals surface area contributed by atoms with Crippen LogP contribution < -0.4 is 19.5 Å². The Morgan fingerprint density at radius 3 is 2.68 bits per heavy atom. The first-order valence-corrected chi connectivity index (χ1v) is 13.0. The van der Waals surface area contributed by atoms with Gasteiger partial charge >= 0.3 is 0 Å². The summed E-state index contributed by atoms with van der Waals surface area (Å²) in [4.78, 5) is 26.0. The molecule has 4 aromatic rings. The van der Waals surface area contributed by atoms with Crippen LogP contribution in [0.4, 0.5) is 10.1 Å². The summed E-state index contributed by atoms with van der Waals surface area (Å²) >= 11 is 0. The molecular weight excluding hydrogens is 531 g/mol. The van der Waals surface area contributed by atoms with Gasteiger partial charge in [-0.05, 0) is 43.9 Å². The fourth-order valence-corrected chi connectivity index (χ4v) is 4.60. The van der Waals surface area contributed by atoms with Gasteiger partial charge in [0.05, 0.1) is 19.2 Å². The van der Waals surface area contributed by atoms with Crippen LogP contribution in [0.1, 0.15) is 40.9 Å². The van der Waals surface area contributed by atoms with E-state index in [9.17, 15) is 9.90 Å². The van der Waals surface area contributed by atoms with Gasteiger partial charge in [0.25, 0.3) is 11.8 Å². The summed E-state index contributed by atoms with van der Waals surface area (Å²) in [5, 5.41) is 13.5. The quantitative estimate of drug-likeness (QED) is 0.231. The third-order valence-corrected chi connectivity index (χ3v) is 6.60. The lowest BCUT2D eigenvalue weighted by atomic mass is 10.00. The van der Waals surface area contributed by atoms with Crippen molar-refractivity contribution in [2.75, 3.05) is 32.8 Å². The average molecular weight is 561 g/mol. The lowest BCUT2D eigenvalue weighted by molar-refractivity contribution is 0.102. The molecule has 0 saturated carbocycles. The number of carbonyl (C=O) groups excluding carboxylic acids is 1. The molecule has 0 atom stereocenters. The van der Waals surface area contributed by atoms with Crippen LogP contribution in [0.25, 0.3) is 16.6 Å². The van der Waals surface area contributed by atoms with Crippen LogP contribution in [0, 0.1) is 12.7 Å². The molecule has 1 amide bonds. The number of fused-ring (bicyclic) bond motifs is 1. The van der Waals surface area contributed by atoms with Crippen molar-refractivity contribution in [1.29, 1.82) is 0 Å². The van der Waals surface area contributed by atoms with E-state index >= 15 is 4.39 Å². The number of ether oxygens (including phenoxy) is 4. The minimum atomic E-state index is -0.720. The molecule has 0 saturated heterocycles. The number of rotatable bonds is 10. The number of nitrogens with one attached hydrogen (secondary N) is 1. The maximum absolute atomic E-state index is 15.1. The summed E-state index contributed by atoms with van der Waals surface area (Å²) in [6, 6.07) is 7.22. The van der Waals surface area contributed by atoms with Gasteiger partial charge in [0, 0.05) is 54.6 Å². The van der Waals surface area contributed by atoms with Gasteiger partial charge in [0.1, 0.15) is 23.4 Å². The lowest BCUT2D eigenvalue weighted by Gasteiger charge is -2.14. The van der Waals surface area contributed by atoms with Gasteiger partial charge in [0.2, 0.25) is 0 Å². The van der Waals surface area contributed by atoms with Crippen molar-refractivity contribution in [3.8, 4) is 28.9 Å². The van der Waals surface area contributed by atoms with Crippen molar-refractivity contribution in [2.45, 2.75) is 26.2 Å². The minimum Gasteiger partial charge on any atom is -0.506 e. The van der Waals surface area contributed by atoms with E-state index in [1.54, 1.807) is 26.2 Å². The van der Waals surface area contributed by atoms with Crippen LogP contribution in [0.5, 0.6) is 28.9 Å². The van der Waals surface area contributed by atoms with E-state index in [0.29, 0.717) is 41.3 Å². The first-order valence-electron chi connectivity index (χ1n) is 13.0. The topological polar surface area (TPSA) is 125 Å². The smallest absolute Gasteiger partial charge is 0.261 e. The van der Waals surface area contributed by atoms with Crippen molar-refractivity contribution in [3.63, 3.8) is 0 Å². The third-order valence-electron chi connectivity index (χ3n) is 6.60. The largest absolute Gasteiger partial charge is 0.506 e. The van der Waals surface area contributed by atoms with E-state index in [4.69, 9.17) is 18.9 Å². The zero-order valence-corrected chi connectivity index (χ0v) is 22.9. The van der Waals surface area contributed by atoms with E-state index in [1.807, 2.05) is 6.08 Å². The molecule has 41 heavy (non-hydrogen) atoms. The molecule has 0 fully saturated rings. The highest BCUT2D eigenvalue weighted by molar-refractivity contribution is 6.07. The second-order valence-corrected chi connectivity index (χ2v) is 9.32. The Labute approximate surface area is 235 Å². The van der Waals surface area contributed by atoms with Gasteiger partial charge < -0.3 is 29.4 Å². The Morgan fingerprint density at radius 1 is 1.10 bits per heavy atom. The molecule has 0 bridgehead atoms. The van der Waals surface area contributed by atoms with E-state index in [2.05, 4.69) is 20.3 Å². The molecule has 0 aliphatic heterocycles. The summed E-state index contributed by atoms with van der Waals surface area (Å²) in [5.41, 5.74) is 3.18. The lowest BCUT2D eigenvalue weighted by Crippen LogP contribution is -2.14. The minimum absolute atomic E-state index is 0.00739. The summed E-state index contributed by atoms with van der Waals surface area (Å²) in [6.07, 6.45) is 7.59. The zero-order chi connectivity index (χ0) is 28.9. The number of anilines is 1. The van der Waals surface area contributed by atoms with Crippen molar-refractivity contribution in [1.82, 2.24) is 15.0 Å². The molecule has 1 aliphatic carbocycles. The Morgan fingerprint density at radius 2 is 1.95 bits per heavy atom. The number of halogens is 1. The van der Waals surface area contributed by atoms with Crippen LogP contribution in [0.2, 0.25) is 0 Å². The SMILES string of the molecule is COCCOc1cc2nccc(Oc3ccc(NC(=O)c4cnc(C)c(C5=CCCC5)c4O)cc3F)c2nc1OC. The number of methoxy groups -OCH3 is 2. The molecule has 0 spiro atoms. The van der Waals surface area contributed by atoms with Crippen LogP contribution in [-0.4, -0.2) is 53.4 Å². The van der Waals surface area contributed by atoms with E-state index in [-0.39, 0.29) is 34.4 Å². The maximum Gasteiger partial charge on any atom is 0.261 e. The molecular formula is C30H29FN4O6. The predicted octanol–water partition coefficient (Wildman–Crippen LogP) is 5.82. The number of nitrogens with zero attached hydrogens (tertiary/aromatic N) is 3. The number of hydrogen-bond acceptors (Lipinski definition) is 9. The fraction of sp³-hybridized carbons (Fsp3) is 0.267. The molecule has 1 aromatic carbocycles. The highest BCUT2D eigenvalue weighted by Gasteiger charge is 2.22. The second-order valence-electron chi connectivity index (χ2n) is 9.32. The van der Waals surface area contributed by atoms with Crippen molar-refractivity contribution in [2.24, 2.45) is 0 Å². The second kappa shape index (κ2) is 12.2. The van der Waals surface area contributed by atoms with Gasteiger partial charge in [-0.1, -0.05) is 6.08 Å². The van der Waals surface area contributed by atoms with Gasteiger partial charge in [-0.25, -0.2) is 9.37 Å². The fourth-order valence-electron chi connectivity index (χ4n) is 4.60. The van der Waals surface area contributed by atoms with Gasteiger partial charge in [-0.3, -0.25) is 14.8 Å². The number of amides is 1. The monoisotopic (exact) mass is 560 g/mol. The number of carbonyl (C=O) groups is 1. The molecule has 10 nitrogen and oxygen atoms in total. The van der Waals surface area contributed by atoms with Gasteiger partial charge in [-0.2, -0.15) is 0 Å². The van der Waals surface area contributed by atoms with Crippen LogP contribution in [0.15, 0.2) is 48.8 Å². The highest BCUT2D eigenvalue weighted by atomic mass is 19.1. The number of pyridine rings is 3. The van der Waals surface area contributed by atoms with Crippen molar-refractivity contribution < 1.29 is 33.2 Å². The molecule has 3 aromatic heterocycles. The van der Waals surface area contributed by atoms with E-state index in [0.717, 1.165) is 30.9 Å². The van der Waals surface area contributed by atoms with Crippen LogP contribution >= 0.6 is 0 Å². The number of allylic oxidation sites excluding steroid dienone is 2. The number of aryl methyl sites for hydroxylation is 1. The number of hydrogen-bond donors (Lipinski definition) is 2. The van der Waals surface area contributed by atoms with Crippen molar-refractivity contribution >= 4 is 28.2 Å². The maximum atomic E-state index is 15.1. The van der Waals surface area contributed by atoms with Gasteiger partial charge in [-0.15, -0.1) is 0 Å². The first-order chi connectivity index (χ1) is 19.9. The molecule has 1 aliphatic rings. The Balaban J connectivity index is 1.36. The number of aromatic nitrogens is 3. The summed E-state index contributed by atoms with van der Waals surface area (Å²) in [5.74, 6) is -0.710. The van der Waals surface area contributed by atoms with Crippen LogP contribution in [-0.2, 0) is 4.74 Å². The molecule has 5 rings (SSSR count). The van der Waals surface area contributed by atoms with Crippen molar-refractivity contribution in [3.05, 3.63) is 71.4 Å². The van der Waals surface area contributed by atoms with E-state index < -0.39 is 11.7 Å². The number of aromatic hydroxyl groups is 1. The summed E-state index contributed by atoms with van der Waals surface area (Å²) in [7, 11) is 3.03. The summed E-state index contributed by atoms with van der Waals surface area (Å²) in [6.45, 7) is 2.47. The molecule has 0 unspecified atom stereocenters. The normalized spacial score (nSPS) is 12.7. The molecule has 2 N–H and O–H groups in total. The molecule has 212 valence electrons. The molecule has 3 heterocycles. The van der Waals surface area contributed by atoms with Gasteiger partial charge in [0.15, 0.2) is 23.1 Å². The average Bonchev–Trinajstić information content (AvgIpc) is 3.49. The Kier molecular flexibility index (Phi) is 8.25. The Hall–Kier alpha value is -4.77. The zero-order valence-electron chi connectivity index (χ0n) is 22.9. The first kappa shape index (κ1) is 27.8. The third kappa shape index (κ3) is 5.90. The Bertz CT molecular complexity index is 1640. The standard InChI is InChI=1S/C30H29FN4O6/c1-17-26(18-6-4-5-7-18)28(36)20(16-33-17)29(37)34-19-8-9-23(21(31)14-19)41-24-10-11-32-22-15-25(40-13-12-38-2)30(39-3)35-27(22)24/h6,8-11,14-16H,4-5,7,12-13H2,1-3H3,(H,33,36)(H,34,37). The predicted molar refractivity (Wildman–Crippen MR) is 150 cm³/mol.